The lowest BCUT2D eigenvalue weighted by Crippen LogP contribution is -2.45. The van der Waals surface area contributed by atoms with Gasteiger partial charge in [-0.1, -0.05) is 6.92 Å². The van der Waals surface area contributed by atoms with E-state index in [9.17, 15) is 15.0 Å². The molecule has 13 heavy (non-hydrogen) atoms. The van der Waals surface area contributed by atoms with Crippen molar-refractivity contribution in [2.75, 3.05) is 0 Å². The molecule has 0 fully saturated rings. The molecule has 1 aliphatic rings. The Morgan fingerprint density at radius 3 is 2.92 bits per heavy atom. The average Bonchev–Trinajstić information content (AvgIpc) is 2.08. The van der Waals surface area contributed by atoms with Crippen LogP contribution in [0.4, 0.5) is 0 Å². The van der Waals surface area contributed by atoms with Crippen LogP contribution < -0.4 is 0 Å². The van der Waals surface area contributed by atoms with Crippen molar-refractivity contribution in [3.05, 3.63) is 12.2 Å². The molecule has 0 aliphatic carbocycles. The maximum atomic E-state index is 11.2. The fourth-order valence-corrected chi connectivity index (χ4v) is 1.17. The van der Waals surface area contributed by atoms with Crippen molar-refractivity contribution in [1.82, 2.24) is 0 Å². The maximum absolute atomic E-state index is 11.2. The molecule has 0 aromatic heterocycles. The second-order valence-corrected chi connectivity index (χ2v) is 3.30. The number of carbonyl (C=O) groups excluding carboxylic acids is 1. The number of ketones is 1. The third-order valence-electron chi connectivity index (χ3n) is 1.97. The normalized spacial score (nSPS) is 36.3. The minimum atomic E-state index is -1.45. The van der Waals surface area contributed by atoms with Crippen molar-refractivity contribution in [2.24, 2.45) is 0 Å². The van der Waals surface area contributed by atoms with Crippen LogP contribution in [0.5, 0.6) is 0 Å². The van der Waals surface area contributed by atoms with E-state index in [0.717, 1.165) is 0 Å². The fraction of sp³-hybridized carbons (Fsp3) is 0.667. The number of rotatable bonds is 2. The first kappa shape index (κ1) is 10.4. The summed E-state index contributed by atoms with van der Waals surface area (Å²) in [5.74, 6) is -1.75. The highest BCUT2D eigenvalue weighted by molar-refractivity contribution is 5.94. The zero-order valence-electron chi connectivity index (χ0n) is 7.73. The first-order valence-corrected chi connectivity index (χ1v) is 4.27. The second kappa shape index (κ2) is 3.57. The Morgan fingerprint density at radius 1 is 1.77 bits per heavy atom. The summed E-state index contributed by atoms with van der Waals surface area (Å²) < 4.78 is 5.01. The third-order valence-corrected chi connectivity index (χ3v) is 1.97. The number of hydrogen-bond acceptors (Lipinski definition) is 4. The van der Waals surface area contributed by atoms with Crippen molar-refractivity contribution in [3.8, 4) is 0 Å². The van der Waals surface area contributed by atoms with Crippen molar-refractivity contribution in [3.63, 3.8) is 0 Å². The molecule has 0 aromatic carbocycles. The lowest BCUT2D eigenvalue weighted by molar-refractivity contribution is -0.210. The van der Waals surface area contributed by atoms with Crippen LogP contribution in [-0.4, -0.2) is 34.0 Å². The van der Waals surface area contributed by atoms with E-state index in [0.29, 0.717) is 6.42 Å². The summed E-state index contributed by atoms with van der Waals surface area (Å²) in [5, 5.41) is 18.8. The molecular formula is C9H14O4. The Balaban J connectivity index is 2.77. The number of carbonyl (C=O) groups is 1. The van der Waals surface area contributed by atoms with Gasteiger partial charge in [-0.15, -0.1) is 0 Å². The fourth-order valence-electron chi connectivity index (χ4n) is 1.17. The molecule has 1 rings (SSSR count). The van der Waals surface area contributed by atoms with E-state index in [4.69, 9.17) is 4.74 Å². The van der Waals surface area contributed by atoms with Gasteiger partial charge in [0.1, 0.15) is 6.10 Å². The molecule has 1 unspecified atom stereocenters. The Labute approximate surface area is 76.8 Å². The molecule has 74 valence electrons. The number of ether oxygens (including phenoxy) is 1. The SMILES string of the molecule is CC[C@@H](O)[C@@H]1OC(C)(O)C=CC1=O. The predicted molar refractivity (Wildman–Crippen MR) is 45.9 cm³/mol. The monoisotopic (exact) mass is 186 g/mol. The number of aliphatic hydroxyl groups is 2. The van der Waals surface area contributed by atoms with E-state index >= 15 is 0 Å². The van der Waals surface area contributed by atoms with Crippen LogP contribution in [0.1, 0.15) is 20.3 Å². The molecule has 4 nitrogen and oxygen atoms in total. The van der Waals surface area contributed by atoms with Crippen molar-refractivity contribution in [1.29, 1.82) is 0 Å². The zero-order valence-corrected chi connectivity index (χ0v) is 7.73. The van der Waals surface area contributed by atoms with Crippen LogP contribution in [0, 0.1) is 0 Å². The summed E-state index contributed by atoms with van der Waals surface area (Å²) in [6.07, 6.45) is 1.13. The van der Waals surface area contributed by atoms with Gasteiger partial charge < -0.3 is 14.9 Å². The standard InChI is InChI=1S/C9H14O4/c1-3-6(10)8-7(11)4-5-9(2,12)13-8/h4-6,8,10,12H,3H2,1-2H3/t6-,8+,9?/m1/s1. The summed E-state index contributed by atoms with van der Waals surface area (Å²) in [6.45, 7) is 3.17. The van der Waals surface area contributed by atoms with E-state index in [2.05, 4.69) is 0 Å². The molecule has 0 spiro atoms. The third kappa shape index (κ3) is 2.37. The van der Waals surface area contributed by atoms with Crippen LogP contribution in [0.3, 0.4) is 0 Å². The van der Waals surface area contributed by atoms with E-state index in [1.54, 1.807) is 6.92 Å². The zero-order chi connectivity index (χ0) is 10.1. The summed E-state index contributed by atoms with van der Waals surface area (Å²) in [7, 11) is 0. The average molecular weight is 186 g/mol. The van der Waals surface area contributed by atoms with Gasteiger partial charge in [-0.2, -0.15) is 0 Å². The highest BCUT2D eigenvalue weighted by atomic mass is 16.6. The smallest absolute Gasteiger partial charge is 0.187 e. The Kier molecular flexibility index (Phi) is 2.85. The molecule has 2 N–H and O–H groups in total. The molecule has 0 amide bonds. The van der Waals surface area contributed by atoms with Crippen molar-refractivity contribution >= 4 is 5.78 Å². The minimum Gasteiger partial charge on any atom is -0.390 e. The molecule has 0 saturated heterocycles. The van der Waals surface area contributed by atoms with Gasteiger partial charge in [0.15, 0.2) is 11.6 Å². The number of aliphatic hydroxyl groups excluding tert-OH is 1. The molecule has 0 radical (unpaired) electrons. The lowest BCUT2D eigenvalue weighted by atomic mass is 10.0. The van der Waals surface area contributed by atoms with Crippen LogP contribution in [0.2, 0.25) is 0 Å². The first-order valence-electron chi connectivity index (χ1n) is 4.27. The lowest BCUT2D eigenvalue weighted by Gasteiger charge is -2.31. The molecular weight excluding hydrogens is 172 g/mol. The summed E-state index contributed by atoms with van der Waals surface area (Å²) in [6, 6.07) is 0. The summed E-state index contributed by atoms with van der Waals surface area (Å²) in [4.78, 5) is 11.2. The van der Waals surface area contributed by atoms with Crippen molar-refractivity contribution < 1.29 is 19.7 Å². The summed E-state index contributed by atoms with van der Waals surface area (Å²) in [5.41, 5.74) is 0. The molecule has 0 bridgehead atoms. The van der Waals surface area contributed by atoms with Crippen LogP contribution in [0.15, 0.2) is 12.2 Å². The van der Waals surface area contributed by atoms with Crippen LogP contribution in [0.25, 0.3) is 0 Å². The topological polar surface area (TPSA) is 66.8 Å². The molecule has 0 saturated carbocycles. The Bertz CT molecular complexity index is 232. The van der Waals surface area contributed by atoms with Gasteiger partial charge >= 0.3 is 0 Å². The van der Waals surface area contributed by atoms with Gasteiger partial charge in [0, 0.05) is 0 Å². The predicted octanol–water partition coefficient (Wildman–Crippen LogP) is -0.0101. The van der Waals surface area contributed by atoms with Gasteiger partial charge in [0.2, 0.25) is 0 Å². The molecule has 1 heterocycles. The quantitative estimate of drug-likeness (QED) is 0.636. The Hall–Kier alpha value is -0.710. The maximum Gasteiger partial charge on any atom is 0.187 e. The van der Waals surface area contributed by atoms with E-state index in [1.807, 2.05) is 0 Å². The van der Waals surface area contributed by atoms with Gasteiger partial charge in [0.25, 0.3) is 0 Å². The van der Waals surface area contributed by atoms with Crippen LogP contribution >= 0.6 is 0 Å². The number of hydrogen-bond donors (Lipinski definition) is 2. The summed E-state index contributed by atoms with van der Waals surface area (Å²) >= 11 is 0. The van der Waals surface area contributed by atoms with E-state index < -0.39 is 18.0 Å². The van der Waals surface area contributed by atoms with Gasteiger partial charge in [0.05, 0.1) is 6.10 Å². The van der Waals surface area contributed by atoms with Crippen molar-refractivity contribution in [2.45, 2.75) is 38.3 Å². The Morgan fingerprint density at radius 2 is 2.38 bits per heavy atom. The second-order valence-electron chi connectivity index (χ2n) is 3.30. The van der Waals surface area contributed by atoms with Gasteiger partial charge in [-0.05, 0) is 25.5 Å². The molecule has 3 atom stereocenters. The van der Waals surface area contributed by atoms with Gasteiger partial charge in [-0.25, -0.2) is 0 Å². The van der Waals surface area contributed by atoms with Gasteiger partial charge in [-0.3, -0.25) is 4.79 Å². The molecule has 1 aliphatic heterocycles. The molecule has 4 heteroatoms. The highest BCUT2D eigenvalue weighted by Gasteiger charge is 2.35. The first-order chi connectivity index (χ1) is 5.96. The largest absolute Gasteiger partial charge is 0.390 e. The van der Waals surface area contributed by atoms with E-state index in [1.165, 1.54) is 19.1 Å². The van der Waals surface area contributed by atoms with E-state index in [-0.39, 0.29) is 5.78 Å². The van der Waals surface area contributed by atoms with Crippen LogP contribution in [-0.2, 0) is 9.53 Å². The minimum absolute atomic E-state index is 0.305. The molecule has 0 aromatic rings. The highest BCUT2D eigenvalue weighted by Crippen LogP contribution is 2.20.